The summed E-state index contributed by atoms with van der Waals surface area (Å²) in [7, 11) is 0. The summed E-state index contributed by atoms with van der Waals surface area (Å²) in [6, 6.07) is 0. The minimum absolute atomic E-state index is 0.361. The normalized spacial score (nSPS) is 16.5. The maximum atomic E-state index is 10.8. The predicted octanol–water partition coefficient (Wildman–Crippen LogP) is 2.60. The average molecular weight is 342 g/mol. The summed E-state index contributed by atoms with van der Waals surface area (Å²) in [4.78, 5) is 21.4. The molecule has 0 aromatic rings. The molecule has 0 aliphatic rings. The second kappa shape index (κ2) is 11.8. The third-order valence-electron chi connectivity index (χ3n) is 3.92. The number of carbonyl (C=O) groups is 2. The number of aliphatic hydroxyl groups excluding tert-OH is 2. The van der Waals surface area contributed by atoms with Crippen LogP contribution in [0.5, 0.6) is 0 Å². The van der Waals surface area contributed by atoms with Crippen molar-refractivity contribution in [2.45, 2.75) is 59.0 Å². The molecule has 0 saturated heterocycles. The molecular formula is C18H30O6. The molecule has 4 N–H and O–H groups in total. The zero-order valence-electron chi connectivity index (χ0n) is 14.7. The van der Waals surface area contributed by atoms with Crippen LogP contribution in [0.25, 0.3) is 0 Å². The van der Waals surface area contributed by atoms with Gasteiger partial charge in [0.2, 0.25) is 0 Å². The maximum Gasteiger partial charge on any atom is 0.328 e. The van der Waals surface area contributed by atoms with Gasteiger partial charge in [0.15, 0.2) is 0 Å². The van der Waals surface area contributed by atoms with Crippen LogP contribution >= 0.6 is 0 Å². The quantitative estimate of drug-likeness (QED) is 0.246. The minimum Gasteiger partial charge on any atom is -0.481 e. The van der Waals surface area contributed by atoms with E-state index in [0.29, 0.717) is 24.3 Å². The summed E-state index contributed by atoms with van der Waals surface area (Å²) in [5.74, 6) is -2.82. The van der Waals surface area contributed by atoms with Crippen molar-refractivity contribution in [3.05, 3.63) is 23.3 Å². The van der Waals surface area contributed by atoms with Gasteiger partial charge in [0.05, 0.1) is 12.7 Å². The maximum absolute atomic E-state index is 10.8. The molecule has 24 heavy (non-hydrogen) atoms. The minimum atomic E-state index is -1.18. The summed E-state index contributed by atoms with van der Waals surface area (Å²) in [6.45, 7) is 5.28. The number of allylic oxidation sites excluding steroid dienone is 3. The van der Waals surface area contributed by atoms with Crippen LogP contribution in [-0.4, -0.2) is 45.1 Å². The van der Waals surface area contributed by atoms with Crippen LogP contribution in [0.3, 0.4) is 0 Å². The lowest BCUT2D eigenvalue weighted by atomic mass is 9.93. The van der Waals surface area contributed by atoms with E-state index in [1.54, 1.807) is 6.92 Å². The Morgan fingerprint density at radius 2 is 1.62 bits per heavy atom. The van der Waals surface area contributed by atoms with Crippen LogP contribution in [-0.2, 0) is 9.59 Å². The zero-order valence-corrected chi connectivity index (χ0v) is 14.7. The number of hydrogen-bond donors (Lipinski definition) is 4. The number of hydrogen-bond acceptors (Lipinski definition) is 4. The van der Waals surface area contributed by atoms with Crippen LogP contribution in [0, 0.1) is 11.8 Å². The van der Waals surface area contributed by atoms with E-state index in [1.165, 1.54) is 6.08 Å². The molecule has 0 saturated carbocycles. The van der Waals surface area contributed by atoms with E-state index in [-0.39, 0.29) is 0 Å². The van der Waals surface area contributed by atoms with E-state index in [2.05, 4.69) is 6.92 Å². The van der Waals surface area contributed by atoms with Crippen LogP contribution in [0.1, 0.15) is 52.9 Å². The fourth-order valence-electron chi connectivity index (χ4n) is 2.75. The topological polar surface area (TPSA) is 115 Å². The SMILES string of the molecule is CC(=C\C(=O)O)/C=C(\C)CC(C)CCCCC(O)C(CO)C(=O)O. The van der Waals surface area contributed by atoms with Crippen molar-refractivity contribution < 1.29 is 30.0 Å². The molecule has 0 aromatic carbocycles. The Kier molecular flexibility index (Phi) is 11.0. The second-order valence-electron chi connectivity index (χ2n) is 6.51. The third kappa shape index (κ3) is 10.2. The van der Waals surface area contributed by atoms with E-state index in [9.17, 15) is 14.7 Å². The molecule has 138 valence electrons. The Bertz CT molecular complexity index is 466. The van der Waals surface area contributed by atoms with Crippen LogP contribution in [0.4, 0.5) is 0 Å². The number of carboxylic acids is 2. The number of aliphatic carboxylic acids is 2. The van der Waals surface area contributed by atoms with Gasteiger partial charge in [-0.2, -0.15) is 0 Å². The molecule has 0 aromatic heterocycles. The van der Waals surface area contributed by atoms with Crippen molar-refractivity contribution in [1.82, 2.24) is 0 Å². The largest absolute Gasteiger partial charge is 0.481 e. The summed E-state index contributed by atoms with van der Waals surface area (Å²) < 4.78 is 0. The van der Waals surface area contributed by atoms with Gasteiger partial charge in [-0.3, -0.25) is 4.79 Å². The Hall–Kier alpha value is -1.66. The molecule has 0 rings (SSSR count). The molecule has 0 fully saturated rings. The summed E-state index contributed by atoms with van der Waals surface area (Å²) in [5, 5.41) is 36.2. The van der Waals surface area contributed by atoms with Crippen molar-refractivity contribution in [3.63, 3.8) is 0 Å². The highest BCUT2D eigenvalue weighted by Gasteiger charge is 2.25. The van der Waals surface area contributed by atoms with Gasteiger partial charge in [-0.15, -0.1) is 0 Å². The Balaban J connectivity index is 4.14. The lowest BCUT2D eigenvalue weighted by molar-refractivity contribution is -0.147. The van der Waals surface area contributed by atoms with E-state index >= 15 is 0 Å². The number of rotatable bonds is 12. The van der Waals surface area contributed by atoms with Gasteiger partial charge in [-0.25, -0.2) is 4.79 Å². The lowest BCUT2D eigenvalue weighted by Gasteiger charge is -2.17. The molecule has 0 amide bonds. The van der Waals surface area contributed by atoms with Gasteiger partial charge in [0, 0.05) is 6.08 Å². The molecule has 0 bridgehead atoms. The molecule has 0 radical (unpaired) electrons. The highest BCUT2D eigenvalue weighted by molar-refractivity contribution is 5.81. The molecule has 0 aliphatic heterocycles. The molecule has 6 heteroatoms. The first-order valence-corrected chi connectivity index (χ1v) is 8.27. The highest BCUT2D eigenvalue weighted by atomic mass is 16.4. The lowest BCUT2D eigenvalue weighted by Crippen LogP contribution is -2.31. The first-order valence-electron chi connectivity index (χ1n) is 8.27. The predicted molar refractivity (Wildman–Crippen MR) is 91.6 cm³/mol. The van der Waals surface area contributed by atoms with Gasteiger partial charge in [0.25, 0.3) is 0 Å². The first kappa shape index (κ1) is 22.3. The van der Waals surface area contributed by atoms with Gasteiger partial charge in [-0.1, -0.05) is 37.8 Å². The number of carboxylic acid groups (broad SMARTS) is 2. The Morgan fingerprint density at radius 3 is 2.12 bits per heavy atom. The summed E-state index contributed by atoms with van der Waals surface area (Å²) in [5.41, 5.74) is 1.82. The smallest absolute Gasteiger partial charge is 0.328 e. The zero-order chi connectivity index (χ0) is 18.7. The van der Waals surface area contributed by atoms with Crippen molar-refractivity contribution in [3.8, 4) is 0 Å². The third-order valence-corrected chi connectivity index (χ3v) is 3.92. The summed E-state index contributed by atoms with van der Waals surface area (Å²) in [6.07, 6.45) is 5.76. The fourth-order valence-corrected chi connectivity index (χ4v) is 2.75. The van der Waals surface area contributed by atoms with Crippen molar-refractivity contribution in [2.75, 3.05) is 6.61 Å². The molecule has 3 atom stereocenters. The second-order valence-corrected chi connectivity index (χ2v) is 6.51. The van der Waals surface area contributed by atoms with Crippen LogP contribution < -0.4 is 0 Å². The Labute approximate surface area is 143 Å². The molecule has 0 spiro atoms. The molecule has 3 unspecified atom stereocenters. The molecule has 0 heterocycles. The van der Waals surface area contributed by atoms with Crippen LogP contribution in [0.2, 0.25) is 0 Å². The van der Waals surface area contributed by atoms with Crippen molar-refractivity contribution >= 4 is 11.9 Å². The summed E-state index contributed by atoms with van der Waals surface area (Å²) >= 11 is 0. The fraction of sp³-hybridized carbons (Fsp3) is 0.667. The highest BCUT2D eigenvalue weighted by Crippen LogP contribution is 2.20. The van der Waals surface area contributed by atoms with Gasteiger partial charge < -0.3 is 20.4 Å². The molecule has 0 aliphatic carbocycles. The van der Waals surface area contributed by atoms with Crippen molar-refractivity contribution in [2.24, 2.45) is 11.8 Å². The van der Waals surface area contributed by atoms with E-state index < -0.39 is 30.6 Å². The van der Waals surface area contributed by atoms with E-state index in [0.717, 1.165) is 24.8 Å². The molecule has 6 nitrogen and oxygen atoms in total. The van der Waals surface area contributed by atoms with Gasteiger partial charge >= 0.3 is 11.9 Å². The average Bonchev–Trinajstić information content (AvgIpc) is 2.42. The number of unbranched alkanes of at least 4 members (excludes halogenated alkanes) is 1. The first-order chi connectivity index (χ1) is 11.2. The standard InChI is InChI=1S/C18H30O6/c1-12(8-13(2)9-14(3)10-17(21)22)6-4-5-7-16(20)15(11-19)18(23)24/h9-10,12,15-16,19-20H,4-8,11H2,1-3H3,(H,21,22)(H,23,24)/b13-9+,14-10+. The Morgan fingerprint density at radius 1 is 1.04 bits per heavy atom. The van der Waals surface area contributed by atoms with E-state index in [4.69, 9.17) is 15.3 Å². The van der Waals surface area contributed by atoms with Gasteiger partial charge in [-0.05, 0) is 38.2 Å². The molecular weight excluding hydrogens is 312 g/mol. The van der Waals surface area contributed by atoms with Gasteiger partial charge in [0.1, 0.15) is 5.92 Å². The van der Waals surface area contributed by atoms with E-state index in [1.807, 2.05) is 13.0 Å². The number of aliphatic hydroxyl groups is 2. The van der Waals surface area contributed by atoms with Crippen molar-refractivity contribution in [1.29, 1.82) is 0 Å². The monoisotopic (exact) mass is 342 g/mol. The van der Waals surface area contributed by atoms with Crippen LogP contribution in [0.15, 0.2) is 23.3 Å².